The molecule has 0 aromatic carbocycles. The topological polar surface area (TPSA) is 86.0 Å². The molecule has 0 aliphatic rings. The number of pyridine rings is 1. The van der Waals surface area contributed by atoms with Crippen LogP contribution in [0.25, 0.3) is 0 Å². The van der Waals surface area contributed by atoms with Crippen LogP contribution in [0.1, 0.15) is 97.2 Å². The standard InChI is InChI=1S/C18H28BrN3.C4H10O2S/c1-2-3-4-5-6-7-8-9-14-21-18(12-13-20)17-11-10-16(19)15-22-17;1-4(2,3)7(5)6/h10-11,15,18,21H,2-9,12,14H2,1H3;1-3H3,(H,5,6). The Bertz CT molecular complexity index is 598. The second-order valence-corrected chi connectivity index (χ2v) is 10.7. The van der Waals surface area contributed by atoms with Crippen molar-refractivity contribution in [2.45, 2.75) is 96.3 Å². The third-order valence-electron chi connectivity index (χ3n) is 4.35. The molecule has 166 valence electrons. The largest absolute Gasteiger partial charge is 0.308 e. The van der Waals surface area contributed by atoms with Gasteiger partial charge in [-0.15, -0.1) is 0 Å². The molecule has 0 aliphatic heterocycles. The van der Waals surface area contributed by atoms with Crippen molar-refractivity contribution >= 4 is 27.0 Å². The first-order valence-electron chi connectivity index (χ1n) is 10.5. The van der Waals surface area contributed by atoms with Crippen LogP contribution in [0.3, 0.4) is 0 Å². The summed E-state index contributed by atoms with van der Waals surface area (Å²) in [6.45, 7) is 8.35. The van der Waals surface area contributed by atoms with E-state index >= 15 is 0 Å². The van der Waals surface area contributed by atoms with Gasteiger partial charge in [0.2, 0.25) is 0 Å². The molecule has 0 bridgehead atoms. The van der Waals surface area contributed by atoms with Crippen LogP contribution in [-0.4, -0.2) is 25.0 Å². The summed E-state index contributed by atoms with van der Waals surface area (Å²) in [7, 11) is 0. The molecule has 0 amide bonds. The van der Waals surface area contributed by atoms with E-state index in [4.69, 9.17) is 9.81 Å². The first-order valence-corrected chi connectivity index (χ1v) is 12.4. The fourth-order valence-electron chi connectivity index (χ4n) is 2.50. The van der Waals surface area contributed by atoms with Crippen molar-refractivity contribution in [2.24, 2.45) is 0 Å². The van der Waals surface area contributed by atoms with E-state index < -0.39 is 15.8 Å². The summed E-state index contributed by atoms with van der Waals surface area (Å²) in [6.07, 6.45) is 12.8. The minimum absolute atomic E-state index is 0.0441. The second kappa shape index (κ2) is 16.9. The van der Waals surface area contributed by atoms with Gasteiger partial charge in [0.05, 0.1) is 29.0 Å². The van der Waals surface area contributed by atoms with Crippen molar-refractivity contribution in [3.05, 3.63) is 28.5 Å². The number of aromatic nitrogens is 1. The van der Waals surface area contributed by atoms with E-state index in [1.54, 1.807) is 27.0 Å². The van der Waals surface area contributed by atoms with Gasteiger partial charge in [0.25, 0.3) is 0 Å². The third kappa shape index (κ3) is 15.7. The lowest BCUT2D eigenvalue weighted by atomic mass is 10.1. The van der Waals surface area contributed by atoms with Crippen molar-refractivity contribution in [2.75, 3.05) is 6.54 Å². The highest BCUT2D eigenvalue weighted by Gasteiger charge is 2.16. The van der Waals surface area contributed by atoms with Gasteiger partial charge in [-0.3, -0.25) is 4.98 Å². The molecule has 0 saturated carbocycles. The predicted molar refractivity (Wildman–Crippen MR) is 126 cm³/mol. The maximum absolute atomic E-state index is 10.1. The van der Waals surface area contributed by atoms with Crippen LogP contribution in [0, 0.1) is 11.3 Å². The zero-order valence-electron chi connectivity index (χ0n) is 18.4. The molecule has 2 unspecified atom stereocenters. The average Bonchev–Trinajstić information content (AvgIpc) is 2.66. The SMILES string of the molecule is CC(C)(C)S(=O)O.CCCCCCCCCCNC(CC#N)c1ccc(Br)cn1. The summed E-state index contributed by atoms with van der Waals surface area (Å²) in [4.78, 5) is 4.39. The van der Waals surface area contributed by atoms with Crippen LogP contribution in [0.2, 0.25) is 0 Å². The van der Waals surface area contributed by atoms with Crippen LogP contribution in [-0.2, 0) is 11.1 Å². The summed E-state index contributed by atoms with van der Waals surface area (Å²) in [6, 6.07) is 6.25. The van der Waals surface area contributed by atoms with Crippen molar-refractivity contribution in [3.8, 4) is 6.07 Å². The highest BCUT2D eigenvalue weighted by molar-refractivity contribution is 9.10. The van der Waals surface area contributed by atoms with E-state index in [0.29, 0.717) is 6.42 Å². The molecule has 2 N–H and O–H groups in total. The number of unbranched alkanes of at least 4 members (excludes halogenated alkanes) is 7. The molecule has 7 heteroatoms. The maximum Gasteiger partial charge on any atom is 0.158 e. The van der Waals surface area contributed by atoms with Gasteiger partial charge in [0.15, 0.2) is 11.1 Å². The number of hydrogen-bond donors (Lipinski definition) is 2. The smallest absolute Gasteiger partial charge is 0.158 e. The Morgan fingerprint density at radius 3 is 2.17 bits per heavy atom. The Morgan fingerprint density at radius 1 is 1.17 bits per heavy atom. The number of nitrogens with zero attached hydrogens (tertiary/aromatic N) is 2. The molecule has 0 fully saturated rings. The maximum atomic E-state index is 10.1. The minimum Gasteiger partial charge on any atom is -0.308 e. The van der Waals surface area contributed by atoms with Gasteiger partial charge in [-0.05, 0) is 61.8 Å². The molecule has 0 spiro atoms. The van der Waals surface area contributed by atoms with Crippen LogP contribution < -0.4 is 5.32 Å². The molecular formula is C22H38BrN3O2S. The fourth-order valence-corrected chi connectivity index (χ4v) is 2.74. The normalized spacial score (nSPS) is 13.1. The van der Waals surface area contributed by atoms with E-state index in [1.807, 2.05) is 12.1 Å². The Morgan fingerprint density at radius 2 is 1.72 bits per heavy atom. The minimum atomic E-state index is -1.68. The van der Waals surface area contributed by atoms with E-state index in [0.717, 1.165) is 16.7 Å². The number of halogens is 1. The lowest BCUT2D eigenvalue weighted by Crippen LogP contribution is -2.23. The highest BCUT2D eigenvalue weighted by atomic mass is 79.9. The lowest BCUT2D eigenvalue weighted by molar-refractivity contribution is 0.498. The van der Waals surface area contributed by atoms with Gasteiger partial charge in [-0.2, -0.15) is 5.26 Å². The van der Waals surface area contributed by atoms with E-state index in [-0.39, 0.29) is 6.04 Å². The van der Waals surface area contributed by atoms with Crippen LogP contribution in [0.4, 0.5) is 0 Å². The van der Waals surface area contributed by atoms with Crippen molar-refractivity contribution in [1.29, 1.82) is 5.26 Å². The monoisotopic (exact) mass is 487 g/mol. The molecule has 5 nitrogen and oxygen atoms in total. The Balaban J connectivity index is 0.000000956. The molecule has 29 heavy (non-hydrogen) atoms. The zero-order valence-corrected chi connectivity index (χ0v) is 20.8. The number of hydrogen-bond acceptors (Lipinski definition) is 4. The summed E-state index contributed by atoms with van der Waals surface area (Å²) in [5.41, 5.74) is 0.948. The lowest BCUT2D eigenvalue weighted by Gasteiger charge is -2.15. The van der Waals surface area contributed by atoms with Crippen molar-refractivity contribution in [1.82, 2.24) is 10.3 Å². The molecule has 0 saturated heterocycles. The molecule has 0 aliphatic carbocycles. The van der Waals surface area contributed by atoms with E-state index in [1.165, 1.54) is 51.4 Å². The molecule has 1 heterocycles. The van der Waals surface area contributed by atoms with Gasteiger partial charge in [0.1, 0.15) is 0 Å². The summed E-state index contributed by atoms with van der Waals surface area (Å²) in [5.74, 6) is 0. The van der Waals surface area contributed by atoms with Crippen LogP contribution in [0.5, 0.6) is 0 Å². The quantitative estimate of drug-likeness (QED) is 0.258. The molecule has 1 aromatic heterocycles. The van der Waals surface area contributed by atoms with Gasteiger partial charge in [0, 0.05) is 10.7 Å². The predicted octanol–water partition coefficient (Wildman–Crippen LogP) is 6.54. The molecule has 1 aromatic rings. The number of nitrogens with one attached hydrogen (secondary N) is 1. The van der Waals surface area contributed by atoms with Crippen molar-refractivity contribution < 1.29 is 8.76 Å². The summed E-state index contributed by atoms with van der Waals surface area (Å²) in [5, 5.41) is 12.4. The molecule has 2 atom stereocenters. The van der Waals surface area contributed by atoms with Crippen molar-refractivity contribution in [3.63, 3.8) is 0 Å². The Kier molecular flexibility index (Phi) is 16.5. The zero-order chi connectivity index (χ0) is 22.1. The van der Waals surface area contributed by atoms with Crippen LogP contribution in [0.15, 0.2) is 22.8 Å². The molecular weight excluding hydrogens is 450 g/mol. The second-order valence-electron chi connectivity index (χ2n) is 8.11. The number of nitriles is 1. The van der Waals surface area contributed by atoms with Gasteiger partial charge in [-0.1, -0.05) is 51.9 Å². The fraction of sp³-hybridized carbons (Fsp3) is 0.727. The first-order chi connectivity index (χ1) is 13.7. The first kappa shape index (κ1) is 28.2. The Hall–Kier alpha value is -0.810. The molecule has 0 radical (unpaired) electrons. The third-order valence-corrected chi connectivity index (χ3v) is 5.86. The number of rotatable bonds is 12. The van der Waals surface area contributed by atoms with E-state index in [9.17, 15) is 4.21 Å². The summed E-state index contributed by atoms with van der Waals surface area (Å²) < 4.78 is 19.0. The highest BCUT2D eigenvalue weighted by Crippen LogP contribution is 2.17. The van der Waals surface area contributed by atoms with E-state index in [2.05, 4.69) is 39.2 Å². The summed E-state index contributed by atoms with van der Waals surface area (Å²) >= 11 is 1.71. The van der Waals surface area contributed by atoms with Gasteiger partial charge >= 0.3 is 0 Å². The molecule has 1 rings (SSSR count). The van der Waals surface area contributed by atoms with Gasteiger partial charge < -0.3 is 9.87 Å². The van der Waals surface area contributed by atoms with Crippen LogP contribution >= 0.6 is 15.9 Å². The van der Waals surface area contributed by atoms with Gasteiger partial charge in [-0.25, -0.2) is 4.21 Å². The average molecular weight is 489 g/mol. The Labute approximate surface area is 188 Å².